The molecule has 1 heteroatoms. The van der Waals surface area contributed by atoms with Crippen molar-refractivity contribution >= 4 is 0 Å². The number of aryl methyl sites for hydroxylation is 2. The number of benzene rings is 1. The Kier molecular flexibility index (Phi) is 12.5. The van der Waals surface area contributed by atoms with Gasteiger partial charge in [0.2, 0.25) is 0 Å². The van der Waals surface area contributed by atoms with Gasteiger partial charge >= 0.3 is 0 Å². The smallest absolute Gasteiger partial charge is 0.122 e. The van der Waals surface area contributed by atoms with E-state index in [9.17, 15) is 0 Å². The van der Waals surface area contributed by atoms with Crippen molar-refractivity contribution in [3.8, 4) is 5.75 Å². The molecule has 1 saturated carbocycles. The molecular weight excluding hydrogens is 352 g/mol. The number of rotatable bonds is 15. The van der Waals surface area contributed by atoms with Crippen LogP contribution in [0, 0.1) is 18.8 Å². The van der Waals surface area contributed by atoms with E-state index in [1.165, 1.54) is 107 Å². The third-order valence-electron chi connectivity index (χ3n) is 7.02. The summed E-state index contributed by atoms with van der Waals surface area (Å²) in [4.78, 5) is 0. The SMILES string of the molecule is CCCCCCCCCC1CCC(CCc2ccc(OCCCC)c(C)c2)CC1. The van der Waals surface area contributed by atoms with Crippen molar-refractivity contribution in [3.63, 3.8) is 0 Å². The number of ether oxygens (including phenoxy) is 1. The van der Waals surface area contributed by atoms with Gasteiger partial charge in [-0.3, -0.25) is 0 Å². The minimum absolute atomic E-state index is 0.846. The molecule has 0 heterocycles. The van der Waals surface area contributed by atoms with E-state index in [0.29, 0.717) is 0 Å². The highest BCUT2D eigenvalue weighted by molar-refractivity contribution is 5.36. The van der Waals surface area contributed by atoms with E-state index in [1.54, 1.807) is 0 Å². The van der Waals surface area contributed by atoms with Gasteiger partial charge in [0.25, 0.3) is 0 Å². The summed E-state index contributed by atoms with van der Waals surface area (Å²) in [5.74, 6) is 3.07. The summed E-state index contributed by atoms with van der Waals surface area (Å²) in [5, 5.41) is 0. The Hall–Kier alpha value is -0.980. The minimum atomic E-state index is 0.846. The molecule has 0 saturated heterocycles. The molecular formula is C28H48O. The number of unbranched alkanes of at least 4 members (excludes halogenated alkanes) is 7. The van der Waals surface area contributed by atoms with E-state index in [4.69, 9.17) is 4.74 Å². The topological polar surface area (TPSA) is 9.23 Å². The average molecular weight is 401 g/mol. The monoisotopic (exact) mass is 400 g/mol. The lowest BCUT2D eigenvalue weighted by molar-refractivity contribution is 0.248. The van der Waals surface area contributed by atoms with E-state index in [0.717, 1.165) is 30.6 Å². The molecule has 1 fully saturated rings. The van der Waals surface area contributed by atoms with E-state index in [-0.39, 0.29) is 0 Å². The quantitative estimate of drug-likeness (QED) is 0.267. The highest BCUT2D eigenvalue weighted by Crippen LogP contribution is 2.34. The summed E-state index contributed by atoms with van der Waals surface area (Å²) in [5.41, 5.74) is 2.80. The van der Waals surface area contributed by atoms with Gasteiger partial charge in [-0.25, -0.2) is 0 Å². The molecule has 1 aliphatic carbocycles. The van der Waals surface area contributed by atoms with Crippen molar-refractivity contribution in [3.05, 3.63) is 29.3 Å². The maximum Gasteiger partial charge on any atom is 0.122 e. The van der Waals surface area contributed by atoms with Crippen molar-refractivity contribution in [2.45, 2.75) is 124 Å². The summed E-state index contributed by atoms with van der Waals surface area (Å²) in [6, 6.07) is 6.84. The molecule has 29 heavy (non-hydrogen) atoms. The van der Waals surface area contributed by atoms with Crippen LogP contribution in [0.25, 0.3) is 0 Å². The highest BCUT2D eigenvalue weighted by atomic mass is 16.5. The molecule has 1 aromatic rings. The van der Waals surface area contributed by atoms with Gasteiger partial charge in [0.05, 0.1) is 6.61 Å². The van der Waals surface area contributed by atoms with Crippen molar-refractivity contribution in [1.82, 2.24) is 0 Å². The zero-order valence-electron chi connectivity index (χ0n) is 19.8. The largest absolute Gasteiger partial charge is 0.493 e. The maximum absolute atomic E-state index is 5.90. The third kappa shape index (κ3) is 10.1. The van der Waals surface area contributed by atoms with Gasteiger partial charge in [0.1, 0.15) is 5.75 Å². The highest BCUT2D eigenvalue weighted by Gasteiger charge is 2.20. The average Bonchev–Trinajstić information content (AvgIpc) is 2.74. The van der Waals surface area contributed by atoms with Crippen LogP contribution in [0.2, 0.25) is 0 Å². The molecule has 1 aromatic carbocycles. The van der Waals surface area contributed by atoms with Crippen LogP contribution in [-0.4, -0.2) is 6.61 Å². The molecule has 0 spiro atoms. The molecule has 0 unspecified atom stereocenters. The van der Waals surface area contributed by atoms with Gasteiger partial charge in [0.15, 0.2) is 0 Å². The van der Waals surface area contributed by atoms with E-state index in [2.05, 4.69) is 39.0 Å². The molecule has 1 nitrogen and oxygen atoms in total. The number of hydrogen-bond acceptors (Lipinski definition) is 1. The zero-order valence-corrected chi connectivity index (χ0v) is 19.8. The van der Waals surface area contributed by atoms with Crippen molar-refractivity contribution in [1.29, 1.82) is 0 Å². The fourth-order valence-electron chi connectivity index (χ4n) is 4.93. The standard InChI is InChI=1S/C28H48O/c1-4-6-8-9-10-11-12-13-25-14-16-26(17-15-25)18-19-27-20-21-28(24(3)23-27)29-22-7-5-2/h20-21,23,25-26H,4-19,22H2,1-3H3. The Morgan fingerprint density at radius 2 is 1.38 bits per heavy atom. The van der Waals surface area contributed by atoms with E-state index in [1.807, 2.05) is 0 Å². The van der Waals surface area contributed by atoms with Crippen LogP contribution in [0.1, 0.15) is 121 Å². The first-order chi connectivity index (χ1) is 14.2. The van der Waals surface area contributed by atoms with Crippen LogP contribution in [-0.2, 0) is 6.42 Å². The first-order valence-electron chi connectivity index (χ1n) is 12.9. The van der Waals surface area contributed by atoms with Gasteiger partial charge in [-0.15, -0.1) is 0 Å². The van der Waals surface area contributed by atoms with Gasteiger partial charge in [-0.2, -0.15) is 0 Å². The Morgan fingerprint density at radius 1 is 0.759 bits per heavy atom. The minimum Gasteiger partial charge on any atom is -0.493 e. The van der Waals surface area contributed by atoms with Gasteiger partial charge in [0, 0.05) is 0 Å². The molecule has 0 aromatic heterocycles. The van der Waals surface area contributed by atoms with Crippen molar-refractivity contribution in [2.24, 2.45) is 11.8 Å². The van der Waals surface area contributed by atoms with Crippen LogP contribution < -0.4 is 4.74 Å². The zero-order chi connectivity index (χ0) is 20.7. The van der Waals surface area contributed by atoms with Crippen LogP contribution >= 0.6 is 0 Å². The van der Waals surface area contributed by atoms with Crippen LogP contribution in [0.15, 0.2) is 18.2 Å². The Morgan fingerprint density at radius 3 is 2.03 bits per heavy atom. The Balaban J connectivity index is 1.57. The second kappa shape index (κ2) is 14.9. The Bertz CT molecular complexity index is 527. The molecule has 0 radical (unpaired) electrons. The lowest BCUT2D eigenvalue weighted by Crippen LogP contribution is -2.15. The van der Waals surface area contributed by atoms with Gasteiger partial charge in [-0.05, 0) is 55.2 Å². The number of hydrogen-bond donors (Lipinski definition) is 0. The van der Waals surface area contributed by atoms with Gasteiger partial charge < -0.3 is 4.74 Å². The molecule has 0 aliphatic heterocycles. The van der Waals surface area contributed by atoms with Crippen molar-refractivity contribution < 1.29 is 4.74 Å². The summed E-state index contributed by atoms with van der Waals surface area (Å²) in [6.45, 7) is 7.55. The second-order valence-corrected chi connectivity index (χ2v) is 9.64. The molecule has 0 N–H and O–H groups in total. The summed E-state index contributed by atoms with van der Waals surface area (Å²) >= 11 is 0. The molecule has 0 atom stereocenters. The predicted octanol–water partition coefficient (Wildman–Crippen LogP) is 9.05. The molecule has 0 amide bonds. The van der Waals surface area contributed by atoms with E-state index < -0.39 is 0 Å². The van der Waals surface area contributed by atoms with Gasteiger partial charge in [-0.1, -0.05) is 109 Å². The second-order valence-electron chi connectivity index (χ2n) is 9.64. The lowest BCUT2D eigenvalue weighted by atomic mass is 9.77. The fourth-order valence-corrected chi connectivity index (χ4v) is 4.93. The van der Waals surface area contributed by atoms with Crippen molar-refractivity contribution in [2.75, 3.05) is 6.61 Å². The molecule has 166 valence electrons. The fraction of sp³-hybridized carbons (Fsp3) is 0.786. The first-order valence-corrected chi connectivity index (χ1v) is 12.9. The predicted molar refractivity (Wildman–Crippen MR) is 128 cm³/mol. The molecule has 1 aliphatic rings. The van der Waals surface area contributed by atoms with Crippen LogP contribution in [0.3, 0.4) is 0 Å². The summed E-state index contributed by atoms with van der Waals surface area (Å²) in [6.07, 6.45) is 22.5. The summed E-state index contributed by atoms with van der Waals surface area (Å²) < 4.78 is 5.90. The molecule has 0 bridgehead atoms. The van der Waals surface area contributed by atoms with Crippen LogP contribution in [0.5, 0.6) is 5.75 Å². The molecule has 2 rings (SSSR count). The summed E-state index contributed by atoms with van der Waals surface area (Å²) in [7, 11) is 0. The lowest BCUT2D eigenvalue weighted by Gasteiger charge is -2.28. The third-order valence-corrected chi connectivity index (χ3v) is 7.02. The van der Waals surface area contributed by atoms with Crippen LogP contribution in [0.4, 0.5) is 0 Å². The Labute approximate surface area is 182 Å². The first kappa shape index (κ1) is 24.3. The maximum atomic E-state index is 5.90. The normalized spacial score (nSPS) is 19.4. The van der Waals surface area contributed by atoms with E-state index >= 15 is 0 Å².